The Morgan fingerprint density at radius 2 is 1.81 bits per heavy atom. The molecule has 0 aromatic heterocycles. The van der Waals surface area contributed by atoms with Crippen LogP contribution >= 0.6 is 0 Å². The molecular weight excluding hydrogens is 208 g/mol. The van der Waals surface area contributed by atoms with E-state index in [2.05, 4.69) is 10.6 Å². The Bertz CT molecular complexity index is 241. The highest BCUT2D eigenvalue weighted by molar-refractivity contribution is 5.82. The van der Waals surface area contributed by atoms with Crippen LogP contribution in [0.15, 0.2) is 0 Å². The number of rotatable bonds is 7. The first-order chi connectivity index (χ1) is 7.42. The van der Waals surface area contributed by atoms with E-state index in [-0.39, 0.29) is 5.91 Å². The van der Waals surface area contributed by atoms with Crippen molar-refractivity contribution in [2.75, 3.05) is 7.05 Å². The standard InChI is InChI=1S/C11H22N2O3/c1-5-8(11(15)16)13-9(6-7(2)3)10(14)12-4/h7-9,13H,5-6H2,1-4H3,(H,12,14)(H,15,16)/t8-,9+/m1/s1. The molecule has 0 saturated carbocycles. The van der Waals surface area contributed by atoms with E-state index in [4.69, 9.17) is 5.11 Å². The van der Waals surface area contributed by atoms with Crippen molar-refractivity contribution in [3.63, 3.8) is 0 Å². The number of carbonyl (C=O) groups is 2. The summed E-state index contributed by atoms with van der Waals surface area (Å²) < 4.78 is 0. The second kappa shape index (κ2) is 7.22. The van der Waals surface area contributed by atoms with Gasteiger partial charge in [-0.05, 0) is 18.8 Å². The highest BCUT2D eigenvalue weighted by Crippen LogP contribution is 2.07. The topological polar surface area (TPSA) is 78.4 Å². The highest BCUT2D eigenvalue weighted by Gasteiger charge is 2.24. The van der Waals surface area contributed by atoms with Gasteiger partial charge in [-0.2, -0.15) is 0 Å². The van der Waals surface area contributed by atoms with E-state index < -0.39 is 18.1 Å². The third kappa shape index (κ3) is 5.11. The summed E-state index contributed by atoms with van der Waals surface area (Å²) in [6.45, 7) is 5.78. The van der Waals surface area contributed by atoms with Gasteiger partial charge in [0.1, 0.15) is 6.04 Å². The predicted octanol–water partition coefficient (Wildman–Crippen LogP) is 0.600. The summed E-state index contributed by atoms with van der Waals surface area (Å²) in [5.41, 5.74) is 0. The zero-order chi connectivity index (χ0) is 12.7. The van der Waals surface area contributed by atoms with E-state index in [0.717, 1.165) is 0 Å². The van der Waals surface area contributed by atoms with Crippen molar-refractivity contribution in [1.29, 1.82) is 0 Å². The normalized spacial score (nSPS) is 14.6. The van der Waals surface area contributed by atoms with Gasteiger partial charge in [0.25, 0.3) is 0 Å². The molecule has 2 atom stereocenters. The molecular formula is C11H22N2O3. The van der Waals surface area contributed by atoms with E-state index in [1.54, 1.807) is 14.0 Å². The molecule has 0 aromatic carbocycles. The van der Waals surface area contributed by atoms with Crippen molar-refractivity contribution in [1.82, 2.24) is 10.6 Å². The van der Waals surface area contributed by atoms with Crippen molar-refractivity contribution in [3.8, 4) is 0 Å². The summed E-state index contributed by atoms with van der Waals surface area (Å²) in [6.07, 6.45) is 1.09. The molecule has 0 saturated heterocycles. The maximum absolute atomic E-state index is 11.6. The Hall–Kier alpha value is -1.10. The summed E-state index contributed by atoms with van der Waals surface area (Å²) in [6, 6.07) is -1.10. The fraction of sp³-hybridized carbons (Fsp3) is 0.818. The van der Waals surface area contributed by atoms with Crippen LogP contribution in [0, 0.1) is 5.92 Å². The molecule has 0 fully saturated rings. The van der Waals surface area contributed by atoms with Gasteiger partial charge < -0.3 is 10.4 Å². The van der Waals surface area contributed by atoms with Crippen LogP contribution in [0.5, 0.6) is 0 Å². The summed E-state index contributed by atoms with van der Waals surface area (Å²) in [5, 5.41) is 14.3. The van der Waals surface area contributed by atoms with Crippen LogP contribution < -0.4 is 10.6 Å². The number of aliphatic carboxylic acids is 1. The lowest BCUT2D eigenvalue weighted by Gasteiger charge is -2.22. The average Bonchev–Trinajstić information content (AvgIpc) is 2.21. The molecule has 0 spiro atoms. The Morgan fingerprint density at radius 3 is 2.12 bits per heavy atom. The number of hydrogen-bond donors (Lipinski definition) is 3. The third-order valence-electron chi connectivity index (χ3n) is 2.38. The minimum atomic E-state index is -0.917. The van der Waals surface area contributed by atoms with Gasteiger partial charge in [0.05, 0.1) is 6.04 Å². The van der Waals surface area contributed by atoms with E-state index in [1.807, 2.05) is 13.8 Å². The van der Waals surface area contributed by atoms with E-state index in [1.165, 1.54) is 0 Å². The first-order valence-corrected chi connectivity index (χ1v) is 5.62. The van der Waals surface area contributed by atoms with Crippen LogP contribution in [0.25, 0.3) is 0 Å². The molecule has 0 bridgehead atoms. The molecule has 0 radical (unpaired) electrons. The maximum Gasteiger partial charge on any atom is 0.320 e. The van der Waals surface area contributed by atoms with Gasteiger partial charge in [-0.1, -0.05) is 20.8 Å². The van der Waals surface area contributed by atoms with Crippen LogP contribution in [0.2, 0.25) is 0 Å². The molecule has 5 heteroatoms. The molecule has 0 aliphatic carbocycles. The van der Waals surface area contributed by atoms with Crippen LogP contribution in [-0.4, -0.2) is 36.1 Å². The molecule has 94 valence electrons. The second-order valence-corrected chi connectivity index (χ2v) is 4.26. The van der Waals surface area contributed by atoms with Crippen molar-refractivity contribution in [2.45, 2.75) is 45.7 Å². The van der Waals surface area contributed by atoms with Crippen molar-refractivity contribution >= 4 is 11.9 Å². The molecule has 3 N–H and O–H groups in total. The van der Waals surface area contributed by atoms with Crippen LogP contribution in [0.1, 0.15) is 33.6 Å². The summed E-state index contributed by atoms with van der Waals surface area (Å²) in [7, 11) is 1.55. The van der Waals surface area contributed by atoms with Crippen molar-refractivity contribution in [3.05, 3.63) is 0 Å². The van der Waals surface area contributed by atoms with E-state index in [0.29, 0.717) is 18.8 Å². The van der Waals surface area contributed by atoms with E-state index >= 15 is 0 Å². The SMILES string of the molecule is CC[C@@H](N[C@@H](CC(C)C)C(=O)NC)C(=O)O. The lowest BCUT2D eigenvalue weighted by Crippen LogP contribution is -2.50. The third-order valence-corrected chi connectivity index (χ3v) is 2.38. The Morgan fingerprint density at radius 1 is 1.25 bits per heavy atom. The van der Waals surface area contributed by atoms with Crippen molar-refractivity contribution in [2.24, 2.45) is 5.92 Å². The van der Waals surface area contributed by atoms with Crippen molar-refractivity contribution < 1.29 is 14.7 Å². The molecule has 1 amide bonds. The molecule has 0 aliphatic heterocycles. The number of carboxylic acids is 1. The number of carbonyl (C=O) groups excluding carboxylic acids is 1. The van der Waals surface area contributed by atoms with Gasteiger partial charge in [0.15, 0.2) is 0 Å². The van der Waals surface area contributed by atoms with Gasteiger partial charge in [-0.3, -0.25) is 14.9 Å². The second-order valence-electron chi connectivity index (χ2n) is 4.26. The quantitative estimate of drug-likeness (QED) is 0.598. The zero-order valence-corrected chi connectivity index (χ0v) is 10.4. The van der Waals surface area contributed by atoms with Gasteiger partial charge in [-0.15, -0.1) is 0 Å². The summed E-state index contributed by atoms with van der Waals surface area (Å²) >= 11 is 0. The molecule has 0 rings (SSSR count). The number of nitrogens with one attached hydrogen (secondary N) is 2. The van der Waals surface area contributed by atoms with E-state index in [9.17, 15) is 9.59 Å². The lowest BCUT2D eigenvalue weighted by molar-refractivity contribution is -0.140. The van der Waals surface area contributed by atoms with Crippen LogP contribution in [0.3, 0.4) is 0 Å². The molecule has 0 unspecified atom stereocenters. The van der Waals surface area contributed by atoms with Gasteiger partial charge in [-0.25, -0.2) is 0 Å². The fourth-order valence-corrected chi connectivity index (χ4v) is 1.50. The minimum absolute atomic E-state index is 0.159. The Labute approximate surface area is 96.6 Å². The molecule has 5 nitrogen and oxygen atoms in total. The molecule has 0 aliphatic rings. The number of carboxylic acid groups (broad SMARTS) is 1. The molecule has 0 aromatic rings. The lowest BCUT2D eigenvalue weighted by atomic mass is 10.0. The van der Waals surface area contributed by atoms with Crippen LogP contribution in [0.4, 0.5) is 0 Å². The highest BCUT2D eigenvalue weighted by atomic mass is 16.4. The molecule has 0 heterocycles. The van der Waals surface area contributed by atoms with Crippen LogP contribution in [-0.2, 0) is 9.59 Å². The maximum atomic E-state index is 11.6. The number of hydrogen-bond acceptors (Lipinski definition) is 3. The van der Waals surface area contributed by atoms with Gasteiger partial charge in [0, 0.05) is 7.05 Å². The largest absolute Gasteiger partial charge is 0.480 e. The monoisotopic (exact) mass is 230 g/mol. The Kier molecular flexibility index (Phi) is 6.72. The smallest absolute Gasteiger partial charge is 0.320 e. The van der Waals surface area contributed by atoms with Gasteiger partial charge in [0.2, 0.25) is 5.91 Å². The number of likely N-dealkylation sites (N-methyl/N-ethyl adjacent to an activating group) is 1. The first kappa shape index (κ1) is 14.9. The Balaban J connectivity index is 4.51. The summed E-state index contributed by atoms with van der Waals surface area (Å²) in [5.74, 6) is -0.741. The first-order valence-electron chi connectivity index (χ1n) is 5.62. The average molecular weight is 230 g/mol. The summed E-state index contributed by atoms with van der Waals surface area (Å²) in [4.78, 5) is 22.4. The fourth-order valence-electron chi connectivity index (χ4n) is 1.50. The number of amides is 1. The minimum Gasteiger partial charge on any atom is -0.480 e. The predicted molar refractivity (Wildman–Crippen MR) is 62.2 cm³/mol. The zero-order valence-electron chi connectivity index (χ0n) is 10.4. The molecule has 16 heavy (non-hydrogen) atoms. The van der Waals surface area contributed by atoms with Gasteiger partial charge >= 0.3 is 5.97 Å².